The van der Waals surface area contributed by atoms with E-state index in [2.05, 4.69) is 120 Å². The molecule has 214 valence electrons. The van der Waals surface area contributed by atoms with Gasteiger partial charge in [0.25, 0.3) is 0 Å². The van der Waals surface area contributed by atoms with Crippen molar-refractivity contribution in [3.05, 3.63) is 174 Å². The Labute approximate surface area is 266 Å². The predicted molar refractivity (Wildman–Crippen MR) is 187 cm³/mol. The second kappa shape index (κ2) is 11.7. The molecule has 0 radical (unpaired) electrons. The Kier molecular flexibility index (Phi) is 7.94. The first kappa shape index (κ1) is 29.2. The number of hydrogen-bond acceptors (Lipinski definition) is 0. The maximum absolute atomic E-state index is 6.47. The van der Waals surface area contributed by atoms with Crippen LogP contribution < -0.4 is 0 Å². The van der Waals surface area contributed by atoms with E-state index >= 15 is 0 Å². The highest BCUT2D eigenvalue weighted by atomic mass is 35.5. The first-order valence-electron chi connectivity index (χ1n) is 14.8. The van der Waals surface area contributed by atoms with Crippen LogP contribution >= 0.6 is 23.2 Å². The van der Waals surface area contributed by atoms with Crippen LogP contribution in [0, 0.1) is 41.5 Å². The molecule has 1 aliphatic carbocycles. The molecule has 0 nitrogen and oxygen atoms in total. The molecule has 0 aromatic heterocycles. The molecule has 43 heavy (non-hydrogen) atoms. The van der Waals surface area contributed by atoms with E-state index in [9.17, 15) is 0 Å². The lowest BCUT2D eigenvalue weighted by Crippen LogP contribution is -2.04. The topological polar surface area (TPSA) is 0 Å². The van der Waals surface area contributed by atoms with Crippen molar-refractivity contribution in [2.24, 2.45) is 0 Å². The molecule has 0 amide bonds. The number of halogens is 2. The van der Waals surface area contributed by atoms with Crippen LogP contribution in [0.4, 0.5) is 0 Å². The van der Waals surface area contributed by atoms with Crippen LogP contribution in [0.15, 0.2) is 103 Å². The van der Waals surface area contributed by atoms with Gasteiger partial charge in [0.1, 0.15) is 0 Å². The van der Waals surface area contributed by atoms with Crippen molar-refractivity contribution >= 4 is 45.5 Å². The second-order valence-corrected chi connectivity index (χ2v) is 13.1. The van der Waals surface area contributed by atoms with Crippen LogP contribution in [0.1, 0.15) is 67.1 Å². The monoisotopic (exact) mass is 598 g/mol. The fourth-order valence-electron chi connectivity index (χ4n) is 6.93. The zero-order valence-electron chi connectivity index (χ0n) is 25.6. The summed E-state index contributed by atoms with van der Waals surface area (Å²) in [5, 5.41) is 1.47. The summed E-state index contributed by atoms with van der Waals surface area (Å²) in [7, 11) is 0. The summed E-state index contributed by atoms with van der Waals surface area (Å²) in [6.45, 7) is 13.1. The van der Waals surface area contributed by atoms with E-state index in [-0.39, 0.29) is 5.92 Å². The molecule has 5 aromatic carbocycles. The molecular weight excluding hydrogens is 563 g/mol. The molecule has 0 heterocycles. The van der Waals surface area contributed by atoms with Crippen LogP contribution in [0.5, 0.6) is 0 Å². The van der Waals surface area contributed by atoms with Gasteiger partial charge in [0.05, 0.1) is 0 Å². The summed E-state index contributed by atoms with van der Waals surface area (Å²) < 4.78 is 0. The quantitative estimate of drug-likeness (QED) is 0.189. The number of rotatable bonds is 5. The lowest BCUT2D eigenvalue weighted by atomic mass is 9.80. The Bertz CT molecular complexity index is 1740. The van der Waals surface area contributed by atoms with Crippen LogP contribution in [0.25, 0.3) is 22.3 Å². The van der Waals surface area contributed by atoms with Crippen molar-refractivity contribution in [3.8, 4) is 0 Å². The first-order chi connectivity index (χ1) is 20.6. The highest BCUT2D eigenvalue weighted by Gasteiger charge is 2.38. The minimum atomic E-state index is -0.00686. The number of hydrogen-bond donors (Lipinski definition) is 0. The maximum Gasteiger partial charge on any atom is 0.0406 e. The van der Waals surface area contributed by atoms with Gasteiger partial charge in [-0.15, -0.1) is 0 Å². The van der Waals surface area contributed by atoms with Crippen molar-refractivity contribution in [1.29, 1.82) is 0 Å². The number of benzene rings is 5. The van der Waals surface area contributed by atoms with Crippen LogP contribution in [-0.2, 0) is 0 Å². The zero-order valence-corrected chi connectivity index (χ0v) is 27.2. The summed E-state index contributed by atoms with van der Waals surface area (Å²) in [6, 6.07) is 37.6. The van der Waals surface area contributed by atoms with Crippen molar-refractivity contribution in [2.45, 2.75) is 47.5 Å². The van der Waals surface area contributed by atoms with E-state index in [0.29, 0.717) is 0 Å². The molecule has 0 unspecified atom stereocenters. The molecule has 0 saturated heterocycles. The van der Waals surface area contributed by atoms with Gasteiger partial charge in [0.15, 0.2) is 0 Å². The van der Waals surface area contributed by atoms with Gasteiger partial charge in [-0.1, -0.05) is 135 Å². The molecule has 0 aliphatic heterocycles. The minimum Gasteiger partial charge on any atom is -0.0843 e. The maximum atomic E-state index is 6.47. The number of allylic oxidation sites excluding steroid dienone is 4. The lowest BCUT2D eigenvalue weighted by Gasteiger charge is -2.23. The van der Waals surface area contributed by atoms with Gasteiger partial charge in [-0.3, -0.25) is 0 Å². The molecule has 1 aliphatic rings. The van der Waals surface area contributed by atoms with E-state index < -0.39 is 0 Å². The predicted octanol–water partition coefficient (Wildman–Crippen LogP) is 12.2. The second-order valence-electron chi connectivity index (χ2n) is 12.2. The number of aryl methyl sites for hydroxylation is 6. The highest BCUT2D eigenvalue weighted by molar-refractivity contribution is 6.32. The minimum absolute atomic E-state index is 0.00686. The lowest BCUT2D eigenvalue weighted by molar-refractivity contribution is 1.12. The SMILES string of the molecule is Cc1cc(C)cc(C2=C(c3ccc(Cl)cc3)C(c3cc(C)cc(C)c3)C(c3ccc(Cl)cc3)=C2c2cc(C)cc(C)c2)c1. The average Bonchev–Trinajstić information content (AvgIpc) is 3.29. The molecule has 6 rings (SSSR count). The molecular formula is C41H36Cl2. The van der Waals surface area contributed by atoms with Crippen LogP contribution in [-0.4, -0.2) is 0 Å². The van der Waals surface area contributed by atoms with E-state index in [1.807, 2.05) is 24.3 Å². The molecule has 2 heteroatoms. The smallest absolute Gasteiger partial charge is 0.0406 e. The van der Waals surface area contributed by atoms with Gasteiger partial charge in [0, 0.05) is 16.0 Å². The Morgan fingerprint density at radius 1 is 0.372 bits per heavy atom. The Morgan fingerprint density at radius 3 is 1.00 bits per heavy atom. The summed E-state index contributed by atoms with van der Waals surface area (Å²) >= 11 is 12.9. The van der Waals surface area contributed by atoms with Crippen molar-refractivity contribution in [3.63, 3.8) is 0 Å². The van der Waals surface area contributed by atoms with Crippen molar-refractivity contribution in [2.75, 3.05) is 0 Å². The molecule has 0 N–H and O–H groups in total. The van der Waals surface area contributed by atoms with Gasteiger partial charge in [-0.25, -0.2) is 0 Å². The van der Waals surface area contributed by atoms with E-state index in [1.54, 1.807) is 0 Å². The summed E-state index contributed by atoms with van der Waals surface area (Å²) in [5.74, 6) is -0.00686. The summed E-state index contributed by atoms with van der Waals surface area (Å²) in [6.07, 6.45) is 0. The fourth-order valence-corrected chi connectivity index (χ4v) is 7.18. The molecule has 0 bridgehead atoms. The molecule has 0 atom stereocenters. The van der Waals surface area contributed by atoms with Gasteiger partial charge < -0.3 is 0 Å². The Balaban J connectivity index is 1.83. The first-order valence-corrected chi connectivity index (χ1v) is 15.6. The largest absolute Gasteiger partial charge is 0.0843 e. The zero-order chi connectivity index (χ0) is 30.4. The third-order valence-corrected chi connectivity index (χ3v) is 8.78. The summed E-state index contributed by atoms with van der Waals surface area (Å²) in [4.78, 5) is 0. The fraction of sp³-hybridized carbons (Fsp3) is 0.171. The van der Waals surface area contributed by atoms with Crippen molar-refractivity contribution < 1.29 is 0 Å². The third-order valence-electron chi connectivity index (χ3n) is 8.27. The normalized spacial score (nSPS) is 13.8. The van der Waals surface area contributed by atoms with Crippen LogP contribution in [0.2, 0.25) is 10.0 Å². The molecule has 0 saturated carbocycles. The molecule has 5 aromatic rings. The van der Waals surface area contributed by atoms with Gasteiger partial charge >= 0.3 is 0 Å². The van der Waals surface area contributed by atoms with E-state index in [1.165, 1.54) is 83.5 Å². The van der Waals surface area contributed by atoms with E-state index in [0.717, 1.165) is 10.0 Å². The Hall–Kier alpha value is -3.84. The van der Waals surface area contributed by atoms with Gasteiger partial charge in [0.2, 0.25) is 0 Å². The molecule has 0 spiro atoms. The molecule has 0 fully saturated rings. The highest BCUT2D eigenvalue weighted by Crippen LogP contribution is 2.59. The summed E-state index contributed by atoms with van der Waals surface area (Å²) in [5.41, 5.74) is 18.8. The van der Waals surface area contributed by atoms with E-state index in [4.69, 9.17) is 23.2 Å². The Morgan fingerprint density at radius 2 is 0.674 bits per heavy atom. The average molecular weight is 600 g/mol. The van der Waals surface area contributed by atoms with Gasteiger partial charge in [-0.05, 0) is 116 Å². The van der Waals surface area contributed by atoms with Crippen LogP contribution in [0.3, 0.4) is 0 Å². The van der Waals surface area contributed by atoms with Gasteiger partial charge in [-0.2, -0.15) is 0 Å². The van der Waals surface area contributed by atoms with Crippen molar-refractivity contribution in [1.82, 2.24) is 0 Å². The standard InChI is InChI=1S/C41H36Cl2/c1-24-15-25(2)19-32(18-24)39-37(30-7-11-35(42)12-8-30)40(33-20-26(3)16-27(4)21-33)41(34-22-28(5)17-29(6)23-34)38(39)31-9-13-36(43)14-10-31/h7-23,39H,1-6H3. The third kappa shape index (κ3) is 5.87.